The van der Waals surface area contributed by atoms with Crippen molar-refractivity contribution in [2.75, 3.05) is 6.61 Å². The van der Waals surface area contributed by atoms with E-state index in [1.165, 1.54) is 12.1 Å². The summed E-state index contributed by atoms with van der Waals surface area (Å²) in [5.41, 5.74) is 3.06. The third kappa shape index (κ3) is 3.82. The van der Waals surface area contributed by atoms with Gasteiger partial charge in [-0.2, -0.15) is 8.42 Å². The van der Waals surface area contributed by atoms with Crippen molar-refractivity contribution >= 4 is 10.1 Å². The van der Waals surface area contributed by atoms with Gasteiger partial charge < -0.3 is 4.74 Å². The molecule has 30 heavy (non-hydrogen) atoms. The highest BCUT2D eigenvalue weighted by Gasteiger charge is 2.32. The number of hydrogen-bond donors (Lipinski definition) is 0. The van der Waals surface area contributed by atoms with Crippen molar-refractivity contribution in [2.24, 2.45) is 0 Å². The van der Waals surface area contributed by atoms with Crippen molar-refractivity contribution < 1.29 is 26.1 Å². The number of fused-ring (bicyclic) bond motifs is 1. The smallest absolute Gasteiger partial charge is 0.297 e. The summed E-state index contributed by atoms with van der Waals surface area (Å²) in [6, 6.07) is 14.7. The molecule has 7 heteroatoms. The molecule has 1 aliphatic heterocycles. The van der Waals surface area contributed by atoms with E-state index in [1.54, 1.807) is 24.3 Å². The van der Waals surface area contributed by atoms with E-state index in [2.05, 4.69) is 0 Å². The van der Waals surface area contributed by atoms with E-state index in [4.69, 9.17) is 8.92 Å². The van der Waals surface area contributed by atoms with Crippen LogP contribution in [0.4, 0.5) is 8.78 Å². The van der Waals surface area contributed by atoms with Gasteiger partial charge in [0.05, 0.1) is 4.90 Å². The van der Waals surface area contributed by atoms with Crippen molar-refractivity contribution in [3.8, 4) is 16.9 Å². The van der Waals surface area contributed by atoms with E-state index in [1.807, 2.05) is 26.0 Å². The largest absolute Gasteiger partial charge is 0.487 e. The zero-order valence-corrected chi connectivity index (χ0v) is 17.3. The minimum Gasteiger partial charge on any atom is -0.487 e. The molecule has 1 unspecified atom stereocenters. The lowest BCUT2D eigenvalue weighted by Gasteiger charge is -2.14. The van der Waals surface area contributed by atoms with Crippen LogP contribution in [-0.2, 0) is 20.7 Å². The van der Waals surface area contributed by atoms with Gasteiger partial charge in [-0.1, -0.05) is 42.0 Å². The van der Waals surface area contributed by atoms with Crippen molar-refractivity contribution in [3.05, 3.63) is 82.9 Å². The summed E-state index contributed by atoms with van der Waals surface area (Å²) in [6.07, 6.45) is -0.736. The molecule has 0 N–H and O–H groups in total. The first-order valence-corrected chi connectivity index (χ1v) is 10.9. The standard InChI is InChI=1S/C23H20F2O4S/c1-14-7-9-17(10-8-14)30(26,27)28-13-16-11-20-22(25)21(24)12-19(23(20)29-16)18-6-4-3-5-15(18)2/h3-10,12,16H,11,13H2,1-2H3. The number of aryl methyl sites for hydroxylation is 2. The second-order valence-corrected chi connectivity index (χ2v) is 8.95. The number of halogens is 2. The van der Waals surface area contributed by atoms with Gasteiger partial charge in [-0.25, -0.2) is 8.78 Å². The fourth-order valence-corrected chi connectivity index (χ4v) is 4.46. The number of rotatable bonds is 5. The van der Waals surface area contributed by atoms with Gasteiger partial charge in [0.25, 0.3) is 10.1 Å². The van der Waals surface area contributed by atoms with Crippen LogP contribution in [0.25, 0.3) is 11.1 Å². The van der Waals surface area contributed by atoms with Crippen LogP contribution in [0.5, 0.6) is 5.75 Å². The highest BCUT2D eigenvalue weighted by molar-refractivity contribution is 7.86. The Hall–Kier alpha value is -2.77. The van der Waals surface area contributed by atoms with Gasteiger partial charge in [0.1, 0.15) is 18.5 Å². The molecule has 1 aliphatic rings. The summed E-state index contributed by atoms with van der Waals surface area (Å²) in [5.74, 6) is -1.72. The fraction of sp³-hybridized carbons (Fsp3) is 0.217. The monoisotopic (exact) mass is 430 g/mol. The molecular formula is C23H20F2O4S. The van der Waals surface area contributed by atoms with E-state index >= 15 is 0 Å². The lowest BCUT2D eigenvalue weighted by molar-refractivity contribution is 0.152. The van der Waals surface area contributed by atoms with Crippen molar-refractivity contribution in [1.82, 2.24) is 0 Å². The summed E-state index contributed by atoms with van der Waals surface area (Å²) in [7, 11) is -3.99. The molecule has 1 atom stereocenters. The van der Waals surface area contributed by atoms with Gasteiger partial charge in [0, 0.05) is 17.5 Å². The van der Waals surface area contributed by atoms with Crippen LogP contribution in [0.3, 0.4) is 0 Å². The molecule has 0 saturated carbocycles. The summed E-state index contributed by atoms with van der Waals surface area (Å²) >= 11 is 0. The van der Waals surface area contributed by atoms with E-state index in [9.17, 15) is 17.2 Å². The molecule has 0 spiro atoms. The van der Waals surface area contributed by atoms with Crippen LogP contribution in [-0.4, -0.2) is 21.1 Å². The Morgan fingerprint density at radius 1 is 1.03 bits per heavy atom. The Morgan fingerprint density at radius 2 is 1.73 bits per heavy atom. The Labute approximate surface area is 174 Å². The molecular weight excluding hydrogens is 410 g/mol. The molecule has 4 rings (SSSR count). The molecule has 3 aromatic carbocycles. The van der Waals surface area contributed by atoms with Crippen LogP contribution in [0, 0.1) is 25.5 Å². The summed E-state index contributed by atoms with van der Waals surface area (Å²) in [5, 5.41) is 0. The third-order valence-electron chi connectivity index (χ3n) is 5.13. The molecule has 0 saturated heterocycles. The van der Waals surface area contributed by atoms with Crippen LogP contribution >= 0.6 is 0 Å². The van der Waals surface area contributed by atoms with Crippen LogP contribution in [0.15, 0.2) is 59.5 Å². The van der Waals surface area contributed by atoms with Gasteiger partial charge in [0.2, 0.25) is 0 Å². The van der Waals surface area contributed by atoms with Crippen LogP contribution in [0.1, 0.15) is 16.7 Å². The second kappa shape index (κ2) is 7.81. The lowest BCUT2D eigenvalue weighted by Crippen LogP contribution is -2.23. The summed E-state index contributed by atoms with van der Waals surface area (Å²) in [6.45, 7) is 3.41. The third-order valence-corrected chi connectivity index (χ3v) is 6.43. The Morgan fingerprint density at radius 3 is 2.43 bits per heavy atom. The van der Waals surface area contributed by atoms with Gasteiger partial charge >= 0.3 is 0 Å². The van der Waals surface area contributed by atoms with Gasteiger partial charge in [-0.15, -0.1) is 0 Å². The Kier molecular flexibility index (Phi) is 5.34. The molecule has 1 heterocycles. The quantitative estimate of drug-likeness (QED) is 0.537. The van der Waals surface area contributed by atoms with Crippen molar-refractivity contribution in [2.45, 2.75) is 31.3 Å². The first kappa shape index (κ1) is 20.5. The average molecular weight is 430 g/mol. The van der Waals surface area contributed by atoms with Crippen molar-refractivity contribution in [3.63, 3.8) is 0 Å². The summed E-state index contributed by atoms with van der Waals surface area (Å²) in [4.78, 5) is 0.0291. The molecule has 156 valence electrons. The molecule has 3 aromatic rings. The maximum atomic E-state index is 14.4. The summed E-state index contributed by atoms with van der Waals surface area (Å²) < 4.78 is 64.5. The lowest BCUT2D eigenvalue weighted by atomic mass is 9.96. The zero-order valence-electron chi connectivity index (χ0n) is 16.5. The SMILES string of the molecule is Cc1ccc(S(=O)(=O)OCC2Cc3c(F)c(F)cc(-c4ccccc4C)c3O2)cc1. The molecule has 0 aromatic heterocycles. The predicted octanol–water partition coefficient (Wildman–Crippen LogP) is 4.96. The van der Waals surface area contributed by atoms with E-state index in [-0.39, 0.29) is 29.2 Å². The molecule has 0 aliphatic carbocycles. The Balaban J connectivity index is 1.59. The predicted molar refractivity (Wildman–Crippen MR) is 109 cm³/mol. The maximum absolute atomic E-state index is 14.4. The van der Waals surface area contributed by atoms with Gasteiger partial charge in [-0.3, -0.25) is 4.18 Å². The Bertz CT molecular complexity index is 1200. The van der Waals surface area contributed by atoms with Gasteiger partial charge in [0.15, 0.2) is 11.6 Å². The fourth-order valence-electron chi connectivity index (χ4n) is 3.52. The highest BCUT2D eigenvalue weighted by Crippen LogP contribution is 2.42. The number of hydrogen-bond acceptors (Lipinski definition) is 4. The molecule has 0 amide bonds. The molecule has 0 radical (unpaired) electrons. The van der Waals surface area contributed by atoms with Crippen molar-refractivity contribution in [1.29, 1.82) is 0 Å². The number of benzene rings is 3. The van der Waals surface area contributed by atoms with E-state index < -0.39 is 27.9 Å². The molecule has 0 fully saturated rings. The minimum atomic E-state index is -3.99. The normalized spacial score (nSPS) is 15.7. The minimum absolute atomic E-state index is 0.0151. The van der Waals surface area contributed by atoms with Crippen LogP contribution in [0.2, 0.25) is 0 Å². The van der Waals surface area contributed by atoms with E-state index in [0.717, 1.165) is 22.8 Å². The average Bonchev–Trinajstić information content (AvgIpc) is 3.15. The van der Waals surface area contributed by atoms with Gasteiger partial charge in [-0.05, 0) is 43.2 Å². The van der Waals surface area contributed by atoms with E-state index in [0.29, 0.717) is 5.56 Å². The number of ether oxygens (including phenoxy) is 1. The highest BCUT2D eigenvalue weighted by atomic mass is 32.2. The topological polar surface area (TPSA) is 52.6 Å². The first-order chi connectivity index (χ1) is 14.3. The van der Waals surface area contributed by atoms with Crippen LogP contribution < -0.4 is 4.74 Å². The maximum Gasteiger partial charge on any atom is 0.297 e. The molecule has 4 nitrogen and oxygen atoms in total. The second-order valence-electron chi connectivity index (χ2n) is 7.34. The zero-order chi connectivity index (χ0) is 21.5. The first-order valence-electron chi connectivity index (χ1n) is 9.46. The molecule has 0 bridgehead atoms.